The molecule has 0 unspecified atom stereocenters. The van der Waals surface area contributed by atoms with Crippen LogP contribution in [-0.2, 0) is 6.54 Å². The smallest absolute Gasteiger partial charge is 0.138 e. The van der Waals surface area contributed by atoms with E-state index in [0.29, 0.717) is 13.1 Å². The monoisotopic (exact) mass is 275 g/mol. The Morgan fingerprint density at radius 1 is 1.25 bits per heavy atom. The third-order valence-corrected chi connectivity index (χ3v) is 3.39. The molecule has 1 aromatic carbocycles. The molecule has 2 aromatic rings. The summed E-state index contributed by atoms with van der Waals surface area (Å²) in [5, 5.41) is 16.2. The second-order valence-corrected chi connectivity index (χ2v) is 4.85. The minimum Gasteiger partial charge on any atom is -0.395 e. The number of hydrogen-bond acceptors (Lipinski definition) is 5. The van der Waals surface area contributed by atoms with Gasteiger partial charge in [-0.3, -0.25) is 0 Å². The van der Waals surface area contributed by atoms with Gasteiger partial charge in [0.25, 0.3) is 0 Å². The third-order valence-electron chi connectivity index (χ3n) is 3.39. The van der Waals surface area contributed by atoms with Gasteiger partial charge in [-0.05, 0) is 38.1 Å². The van der Waals surface area contributed by atoms with E-state index in [9.17, 15) is 0 Å². The van der Waals surface area contributed by atoms with Crippen LogP contribution in [0.25, 0.3) is 0 Å². The summed E-state index contributed by atoms with van der Waals surface area (Å²) in [5.74, 6) is 0.856. The number of benzene rings is 1. The molecule has 0 aliphatic carbocycles. The Balaban J connectivity index is 1.97. The molecular weight excluding hydrogens is 254 g/mol. The molecule has 5 heteroatoms. The molecule has 0 aliphatic rings. The van der Waals surface area contributed by atoms with Crippen LogP contribution < -0.4 is 10.2 Å². The number of likely N-dealkylation sites (N-methyl/N-ethyl adjacent to an activating group) is 1. The number of rotatable bonds is 6. The van der Waals surface area contributed by atoms with Crippen molar-refractivity contribution >= 4 is 11.4 Å². The molecule has 0 amide bonds. The molecular formula is C15H21N3O2. The van der Waals surface area contributed by atoms with Gasteiger partial charge >= 0.3 is 0 Å². The lowest BCUT2D eigenvalue weighted by Gasteiger charge is -2.18. The minimum absolute atomic E-state index is 0.155. The first-order chi connectivity index (χ1) is 9.61. The Labute approximate surface area is 119 Å². The first-order valence-corrected chi connectivity index (χ1v) is 6.69. The molecule has 1 heterocycles. The molecule has 2 N–H and O–H groups in total. The van der Waals surface area contributed by atoms with Gasteiger partial charge in [0.05, 0.1) is 12.3 Å². The van der Waals surface area contributed by atoms with Crippen LogP contribution in [0.3, 0.4) is 0 Å². The van der Waals surface area contributed by atoms with Gasteiger partial charge in [-0.1, -0.05) is 5.16 Å². The van der Waals surface area contributed by atoms with Gasteiger partial charge in [0, 0.05) is 37.1 Å². The zero-order valence-corrected chi connectivity index (χ0v) is 12.2. The van der Waals surface area contributed by atoms with E-state index in [0.717, 1.165) is 28.4 Å². The van der Waals surface area contributed by atoms with E-state index in [2.05, 4.69) is 10.5 Å². The van der Waals surface area contributed by atoms with Crippen LogP contribution in [0.4, 0.5) is 11.4 Å². The highest BCUT2D eigenvalue weighted by molar-refractivity contribution is 5.55. The molecule has 0 bridgehead atoms. The van der Waals surface area contributed by atoms with Gasteiger partial charge in [0.2, 0.25) is 0 Å². The summed E-state index contributed by atoms with van der Waals surface area (Å²) in [4.78, 5) is 2.01. The topological polar surface area (TPSA) is 61.5 Å². The average Bonchev–Trinajstić information content (AvgIpc) is 2.77. The van der Waals surface area contributed by atoms with Crippen molar-refractivity contribution < 1.29 is 9.63 Å². The van der Waals surface area contributed by atoms with Crippen molar-refractivity contribution in [1.82, 2.24) is 5.16 Å². The standard InChI is InChI=1S/C15H21N3O2/c1-11-15(12(2)20-17-11)10-16-13-4-6-14(7-5-13)18(3)8-9-19/h4-7,16,19H,8-10H2,1-3H3. The maximum Gasteiger partial charge on any atom is 0.138 e. The second kappa shape index (κ2) is 6.43. The zero-order valence-electron chi connectivity index (χ0n) is 12.2. The predicted octanol–water partition coefficient (Wildman–Crippen LogP) is 2.33. The van der Waals surface area contributed by atoms with Crippen molar-refractivity contribution in [3.8, 4) is 0 Å². The van der Waals surface area contributed by atoms with Crippen LogP contribution in [0.15, 0.2) is 28.8 Å². The molecule has 108 valence electrons. The molecule has 20 heavy (non-hydrogen) atoms. The molecule has 0 aliphatic heterocycles. The van der Waals surface area contributed by atoms with Crippen LogP contribution in [0.5, 0.6) is 0 Å². The summed E-state index contributed by atoms with van der Waals surface area (Å²) in [6, 6.07) is 8.12. The maximum absolute atomic E-state index is 8.93. The van der Waals surface area contributed by atoms with Gasteiger partial charge in [0.15, 0.2) is 0 Å². The Morgan fingerprint density at radius 3 is 2.50 bits per heavy atom. The summed E-state index contributed by atoms with van der Waals surface area (Å²) in [7, 11) is 1.96. The number of aryl methyl sites for hydroxylation is 2. The van der Waals surface area contributed by atoms with Gasteiger partial charge < -0.3 is 19.8 Å². The first kappa shape index (κ1) is 14.4. The molecule has 1 aromatic heterocycles. The lowest BCUT2D eigenvalue weighted by Crippen LogP contribution is -2.20. The van der Waals surface area contributed by atoms with E-state index in [1.54, 1.807) is 0 Å². The van der Waals surface area contributed by atoms with Crippen molar-refractivity contribution in [3.63, 3.8) is 0 Å². The molecule has 2 rings (SSSR count). The van der Waals surface area contributed by atoms with Crippen molar-refractivity contribution in [1.29, 1.82) is 0 Å². The lowest BCUT2D eigenvalue weighted by atomic mass is 10.2. The maximum atomic E-state index is 8.93. The van der Waals surface area contributed by atoms with Crippen LogP contribution in [0.1, 0.15) is 17.0 Å². The molecule has 0 saturated carbocycles. The molecule has 0 fully saturated rings. The fraction of sp³-hybridized carbons (Fsp3) is 0.400. The predicted molar refractivity (Wildman–Crippen MR) is 80.1 cm³/mol. The lowest BCUT2D eigenvalue weighted by molar-refractivity contribution is 0.304. The highest BCUT2D eigenvalue weighted by Crippen LogP contribution is 2.19. The number of anilines is 2. The van der Waals surface area contributed by atoms with Crippen LogP contribution in [0, 0.1) is 13.8 Å². The highest BCUT2D eigenvalue weighted by atomic mass is 16.5. The van der Waals surface area contributed by atoms with E-state index in [1.165, 1.54) is 0 Å². The summed E-state index contributed by atoms with van der Waals surface area (Å²) in [6.07, 6.45) is 0. The number of aliphatic hydroxyl groups is 1. The summed E-state index contributed by atoms with van der Waals surface area (Å²) in [6.45, 7) is 5.35. The zero-order chi connectivity index (χ0) is 14.5. The first-order valence-electron chi connectivity index (χ1n) is 6.69. The second-order valence-electron chi connectivity index (χ2n) is 4.85. The van der Waals surface area contributed by atoms with Crippen LogP contribution in [0.2, 0.25) is 0 Å². The summed E-state index contributed by atoms with van der Waals surface area (Å²) >= 11 is 0. The van der Waals surface area contributed by atoms with Gasteiger partial charge in [-0.2, -0.15) is 0 Å². The van der Waals surface area contributed by atoms with Gasteiger partial charge in [-0.25, -0.2) is 0 Å². The molecule has 0 atom stereocenters. The normalized spacial score (nSPS) is 10.6. The van der Waals surface area contributed by atoms with E-state index in [1.807, 2.05) is 50.1 Å². The SMILES string of the molecule is Cc1noc(C)c1CNc1ccc(N(C)CCO)cc1. The molecule has 0 spiro atoms. The Kier molecular flexibility index (Phi) is 4.63. The average molecular weight is 275 g/mol. The van der Waals surface area contributed by atoms with E-state index < -0.39 is 0 Å². The van der Waals surface area contributed by atoms with Crippen LogP contribution >= 0.6 is 0 Å². The van der Waals surface area contributed by atoms with Gasteiger partial charge in [0.1, 0.15) is 5.76 Å². The van der Waals surface area contributed by atoms with Crippen molar-refractivity contribution in [2.75, 3.05) is 30.4 Å². The summed E-state index contributed by atoms with van der Waals surface area (Å²) < 4.78 is 5.14. The highest BCUT2D eigenvalue weighted by Gasteiger charge is 2.08. The van der Waals surface area contributed by atoms with Crippen molar-refractivity contribution in [2.45, 2.75) is 20.4 Å². The van der Waals surface area contributed by atoms with Crippen LogP contribution in [-0.4, -0.2) is 30.5 Å². The van der Waals surface area contributed by atoms with E-state index >= 15 is 0 Å². The van der Waals surface area contributed by atoms with Crippen molar-refractivity contribution in [3.05, 3.63) is 41.3 Å². The largest absolute Gasteiger partial charge is 0.395 e. The fourth-order valence-corrected chi connectivity index (χ4v) is 2.06. The third kappa shape index (κ3) is 3.30. The summed E-state index contributed by atoms with van der Waals surface area (Å²) in [5.41, 5.74) is 4.16. The number of aromatic nitrogens is 1. The van der Waals surface area contributed by atoms with E-state index in [4.69, 9.17) is 9.63 Å². The molecule has 0 saturated heterocycles. The Bertz CT molecular complexity index is 529. The fourth-order valence-electron chi connectivity index (χ4n) is 2.06. The van der Waals surface area contributed by atoms with E-state index in [-0.39, 0.29) is 6.61 Å². The number of nitrogens with one attached hydrogen (secondary N) is 1. The molecule has 0 radical (unpaired) electrons. The quantitative estimate of drug-likeness (QED) is 0.847. The number of nitrogens with zero attached hydrogens (tertiary/aromatic N) is 2. The van der Waals surface area contributed by atoms with Gasteiger partial charge in [-0.15, -0.1) is 0 Å². The number of hydrogen-bond donors (Lipinski definition) is 2. The number of aliphatic hydroxyl groups excluding tert-OH is 1. The molecule has 5 nitrogen and oxygen atoms in total. The minimum atomic E-state index is 0.155. The van der Waals surface area contributed by atoms with Crippen molar-refractivity contribution in [2.24, 2.45) is 0 Å². The Morgan fingerprint density at radius 2 is 1.95 bits per heavy atom. The Hall–Kier alpha value is -2.01.